The van der Waals surface area contributed by atoms with Crippen LogP contribution in [0.1, 0.15) is 50.2 Å². The van der Waals surface area contributed by atoms with E-state index in [1.54, 1.807) is 24.3 Å². The molecular formula is C27H25ClN2O3. The molecule has 6 heteroatoms. The molecule has 0 radical (unpaired) electrons. The van der Waals surface area contributed by atoms with Gasteiger partial charge in [0, 0.05) is 24.7 Å². The first-order valence-corrected chi connectivity index (χ1v) is 11.5. The summed E-state index contributed by atoms with van der Waals surface area (Å²) in [6, 6.07) is 22.4. The number of carbonyl (C=O) groups excluding carboxylic acids is 2. The summed E-state index contributed by atoms with van der Waals surface area (Å²) in [4.78, 5) is 29.0. The van der Waals surface area contributed by atoms with Crippen LogP contribution in [0.4, 0.5) is 0 Å². The summed E-state index contributed by atoms with van der Waals surface area (Å²) < 4.78 is 0. The van der Waals surface area contributed by atoms with E-state index in [9.17, 15) is 14.7 Å². The molecule has 2 aliphatic heterocycles. The number of nitrogens with zero attached hydrogens (tertiary/aromatic N) is 2. The number of hydrogen-bond donors (Lipinski definition) is 1. The van der Waals surface area contributed by atoms with Gasteiger partial charge in [-0.1, -0.05) is 60.1 Å². The van der Waals surface area contributed by atoms with Crippen LogP contribution in [0.3, 0.4) is 0 Å². The number of hydrogen-bond acceptors (Lipinski definition) is 4. The third-order valence-electron chi connectivity index (χ3n) is 6.68. The van der Waals surface area contributed by atoms with Crippen molar-refractivity contribution in [2.75, 3.05) is 13.1 Å². The molecule has 0 spiro atoms. The van der Waals surface area contributed by atoms with E-state index >= 15 is 0 Å². The van der Waals surface area contributed by atoms with Crippen LogP contribution in [0.2, 0.25) is 5.02 Å². The molecule has 5 nitrogen and oxygen atoms in total. The summed E-state index contributed by atoms with van der Waals surface area (Å²) in [7, 11) is 0. The fourth-order valence-corrected chi connectivity index (χ4v) is 4.91. The first-order chi connectivity index (χ1) is 15.9. The lowest BCUT2D eigenvalue weighted by molar-refractivity contribution is -0.0277. The second-order valence-corrected chi connectivity index (χ2v) is 9.31. The van der Waals surface area contributed by atoms with Crippen LogP contribution in [-0.2, 0) is 18.7 Å². The van der Waals surface area contributed by atoms with Crippen molar-refractivity contribution in [3.8, 4) is 0 Å². The standard InChI is InChI=1S/C27H25ClN2O3/c28-22-10-8-21(9-11-22)27(33)12-14-29(15-13-27)17-19-4-3-5-20(16-19)18-30-25(31)23-6-1-2-7-24(23)26(30)32/h1-11,16,33H,12-15,17-18H2. The largest absolute Gasteiger partial charge is 0.385 e. The van der Waals surface area contributed by atoms with Gasteiger partial charge in [-0.15, -0.1) is 0 Å². The van der Waals surface area contributed by atoms with Crippen LogP contribution in [-0.4, -0.2) is 39.8 Å². The summed E-state index contributed by atoms with van der Waals surface area (Å²) >= 11 is 5.99. The smallest absolute Gasteiger partial charge is 0.261 e. The van der Waals surface area contributed by atoms with Gasteiger partial charge in [-0.05, 0) is 53.8 Å². The van der Waals surface area contributed by atoms with E-state index < -0.39 is 5.60 Å². The lowest BCUT2D eigenvalue weighted by atomic mass is 9.84. The number of imide groups is 1. The van der Waals surface area contributed by atoms with Crippen LogP contribution in [0.15, 0.2) is 72.8 Å². The second-order valence-electron chi connectivity index (χ2n) is 8.88. The number of rotatable bonds is 5. The molecule has 2 heterocycles. The highest BCUT2D eigenvalue weighted by Gasteiger charge is 2.35. The summed E-state index contributed by atoms with van der Waals surface area (Å²) in [6.07, 6.45) is 1.31. The van der Waals surface area contributed by atoms with Gasteiger partial charge in [-0.25, -0.2) is 0 Å². The van der Waals surface area contributed by atoms with E-state index in [2.05, 4.69) is 17.0 Å². The van der Waals surface area contributed by atoms with Gasteiger partial charge in [0.15, 0.2) is 0 Å². The molecule has 0 unspecified atom stereocenters. The molecule has 0 atom stereocenters. The highest BCUT2D eigenvalue weighted by atomic mass is 35.5. The number of benzene rings is 3. The van der Waals surface area contributed by atoms with E-state index in [4.69, 9.17) is 11.6 Å². The molecule has 33 heavy (non-hydrogen) atoms. The maximum absolute atomic E-state index is 12.7. The van der Waals surface area contributed by atoms with Crippen molar-refractivity contribution >= 4 is 23.4 Å². The molecule has 0 bridgehead atoms. The quantitative estimate of drug-likeness (QED) is 0.564. The Balaban J connectivity index is 1.22. The van der Waals surface area contributed by atoms with Crippen LogP contribution in [0.5, 0.6) is 0 Å². The fourth-order valence-electron chi connectivity index (χ4n) is 4.78. The molecule has 5 rings (SSSR count). The zero-order chi connectivity index (χ0) is 23.0. The fraction of sp³-hybridized carbons (Fsp3) is 0.259. The van der Waals surface area contributed by atoms with Crippen LogP contribution < -0.4 is 0 Å². The van der Waals surface area contributed by atoms with Gasteiger partial charge in [-0.3, -0.25) is 19.4 Å². The molecule has 0 aromatic heterocycles. The summed E-state index contributed by atoms with van der Waals surface area (Å²) in [5.41, 5.74) is 3.08. The minimum Gasteiger partial charge on any atom is -0.385 e. The van der Waals surface area contributed by atoms with Gasteiger partial charge in [0.1, 0.15) is 0 Å². The van der Waals surface area contributed by atoms with Crippen LogP contribution in [0, 0.1) is 0 Å². The average molecular weight is 461 g/mol. The Labute approximate surface area is 198 Å². The van der Waals surface area contributed by atoms with E-state index in [1.807, 2.05) is 36.4 Å². The van der Waals surface area contributed by atoms with Gasteiger partial charge >= 0.3 is 0 Å². The lowest BCUT2D eigenvalue weighted by Gasteiger charge is -2.38. The minimum absolute atomic E-state index is 0.237. The Hall–Kier alpha value is -2.99. The monoisotopic (exact) mass is 460 g/mol. The van der Waals surface area contributed by atoms with Crippen LogP contribution in [0.25, 0.3) is 0 Å². The first kappa shape index (κ1) is 21.8. The Kier molecular flexibility index (Phi) is 5.79. The third kappa shape index (κ3) is 4.32. The van der Waals surface area contributed by atoms with E-state index in [-0.39, 0.29) is 18.4 Å². The predicted octanol–water partition coefficient (Wildman–Crippen LogP) is 4.62. The molecule has 3 aromatic carbocycles. The molecule has 3 aromatic rings. The molecule has 168 valence electrons. The second kappa shape index (κ2) is 8.75. The zero-order valence-electron chi connectivity index (χ0n) is 18.2. The molecular weight excluding hydrogens is 436 g/mol. The average Bonchev–Trinajstić information content (AvgIpc) is 3.06. The van der Waals surface area contributed by atoms with Gasteiger partial charge in [0.05, 0.1) is 23.3 Å². The van der Waals surface area contributed by atoms with Gasteiger partial charge in [-0.2, -0.15) is 0 Å². The molecule has 1 saturated heterocycles. The molecule has 2 amide bonds. The number of fused-ring (bicyclic) bond motifs is 1. The number of piperidine rings is 1. The van der Waals surface area contributed by atoms with E-state index in [0.717, 1.165) is 36.3 Å². The Bertz CT molecular complexity index is 1160. The van der Waals surface area contributed by atoms with Crippen molar-refractivity contribution in [1.82, 2.24) is 9.80 Å². The lowest BCUT2D eigenvalue weighted by Crippen LogP contribution is -2.42. The highest BCUT2D eigenvalue weighted by Crippen LogP contribution is 2.34. The van der Waals surface area contributed by atoms with Crippen molar-refractivity contribution in [1.29, 1.82) is 0 Å². The summed E-state index contributed by atoms with van der Waals surface area (Å²) in [5, 5.41) is 11.8. The Morgan fingerprint density at radius 3 is 1.97 bits per heavy atom. The zero-order valence-corrected chi connectivity index (χ0v) is 19.0. The van der Waals surface area contributed by atoms with Crippen molar-refractivity contribution < 1.29 is 14.7 Å². The van der Waals surface area contributed by atoms with Crippen molar-refractivity contribution in [3.05, 3.63) is 106 Å². The topological polar surface area (TPSA) is 60.9 Å². The maximum Gasteiger partial charge on any atom is 0.261 e. The summed E-state index contributed by atoms with van der Waals surface area (Å²) in [6.45, 7) is 2.58. The van der Waals surface area contributed by atoms with Gasteiger partial charge < -0.3 is 5.11 Å². The normalized spacial score (nSPS) is 17.9. The molecule has 2 aliphatic rings. The molecule has 1 fully saturated rings. The molecule has 0 saturated carbocycles. The first-order valence-electron chi connectivity index (χ1n) is 11.2. The summed E-state index contributed by atoms with van der Waals surface area (Å²) in [5.74, 6) is -0.475. The Morgan fingerprint density at radius 2 is 1.36 bits per heavy atom. The SMILES string of the molecule is O=C1c2ccccc2C(=O)N1Cc1cccc(CN2CCC(O)(c3ccc(Cl)cc3)CC2)c1. The van der Waals surface area contributed by atoms with Crippen molar-refractivity contribution in [2.24, 2.45) is 0 Å². The van der Waals surface area contributed by atoms with Gasteiger partial charge in [0.2, 0.25) is 0 Å². The number of halogens is 1. The predicted molar refractivity (Wildman–Crippen MR) is 127 cm³/mol. The van der Waals surface area contributed by atoms with Gasteiger partial charge in [0.25, 0.3) is 11.8 Å². The third-order valence-corrected chi connectivity index (χ3v) is 6.93. The molecule has 1 N–H and O–H groups in total. The number of amides is 2. The maximum atomic E-state index is 12.7. The van der Waals surface area contributed by atoms with Crippen molar-refractivity contribution in [2.45, 2.75) is 31.5 Å². The number of likely N-dealkylation sites (tertiary alicyclic amines) is 1. The highest BCUT2D eigenvalue weighted by molar-refractivity contribution is 6.30. The molecule has 0 aliphatic carbocycles. The minimum atomic E-state index is -0.825. The number of aliphatic hydroxyl groups is 1. The van der Waals surface area contributed by atoms with E-state index in [1.165, 1.54) is 4.90 Å². The van der Waals surface area contributed by atoms with Crippen LogP contribution >= 0.6 is 11.6 Å². The number of carbonyl (C=O) groups is 2. The van der Waals surface area contributed by atoms with E-state index in [0.29, 0.717) is 29.0 Å². The van der Waals surface area contributed by atoms with Crippen molar-refractivity contribution in [3.63, 3.8) is 0 Å². The Morgan fingerprint density at radius 1 is 0.788 bits per heavy atom.